The summed E-state index contributed by atoms with van der Waals surface area (Å²) < 4.78 is 0. The highest BCUT2D eigenvalue weighted by Gasteiger charge is 2.15. The van der Waals surface area contributed by atoms with E-state index in [9.17, 15) is 9.59 Å². The van der Waals surface area contributed by atoms with Gasteiger partial charge >= 0.3 is 5.97 Å². The number of thiophene rings is 1. The van der Waals surface area contributed by atoms with Crippen LogP contribution >= 0.6 is 11.3 Å². The molecular formula is C15H21NO3S. The lowest BCUT2D eigenvalue weighted by Crippen LogP contribution is -2.29. The molecule has 0 aliphatic carbocycles. The van der Waals surface area contributed by atoms with Crippen LogP contribution < -0.4 is 5.32 Å². The molecule has 0 aliphatic heterocycles. The largest absolute Gasteiger partial charge is 0.481 e. The molecule has 1 heterocycles. The number of amides is 1. The van der Waals surface area contributed by atoms with Crippen molar-refractivity contribution in [2.24, 2.45) is 11.8 Å². The fraction of sp³-hybridized carbons (Fsp3) is 0.467. The quantitative estimate of drug-likeness (QED) is 0.724. The summed E-state index contributed by atoms with van der Waals surface area (Å²) in [6, 6.07) is 3.86. The Kier molecular flexibility index (Phi) is 7.01. The third-order valence-electron chi connectivity index (χ3n) is 2.78. The Bertz CT molecular complexity index is 452. The van der Waals surface area contributed by atoms with Crippen molar-refractivity contribution in [3.63, 3.8) is 0 Å². The van der Waals surface area contributed by atoms with E-state index in [4.69, 9.17) is 5.11 Å². The lowest BCUT2D eigenvalue weighted by Gasteiger charge is -2.17. The summed E-state index contributed by atoms with van der Waals surface area (Å²) >= 11 is 1.56. The van der Waals surface area contributed by atoms with Gasteiger partial charge in [0.2, 0.25) is 5.91 Å². The van der Waals surface area contributed by atoms with E-state index in [1.54, 1.807) is 17.4 Å². The average molecular weight is 295 g/mol. The van der Waals surface area contributed by atoms with Crippen LogP contribution in [-0.2, 0) is 9.59 Å². The summed E-state index contributed by atoms with van der Waals surface area (Å²) in [6.07, 6.45) is 4.13. The Hall–Kier alpha value is -1.62. The number of hydrogen-bond acceptors (Lipinski definition) is 3. The van der Waals surface area contributed by atoms with Gasteiger partial charge in [0.05, 0.1) is 0 Å². The van der Waals surface area contributed by atoms with Gasteiger partial charge in [-0.1, -0.05) is 19.9 Å². The molecule has 5 heteroatoms. The zero-order valence-electron chi connectivity index (χ0n) is 11.8. The van der Waals surface area contributed by atoms with Crippen molar-refractivity contribution in [3.05, 3.63) is 28.5 Å². The molecule has 0 fully saturated rings. The van der Waals surface area contributed by atoms with Crippen LogP contribution in [0.1, 0.15) is 31.6 Å². The van der Waals surface area contributed by atoms with Gasteiger partial charge in [0.15, 0.2) is 0 Å². The Balaban J connectivity index is 2.41. The number of carboxylic acids is 1. The lowest BCUT2D eigenvalue weighted by atomic mass is 9.94. The number of carboxylic acid groups (broad SMARTS) is 1. The van der Waals surface area contributed by atoms with Crippen molar-refractivity contribution in [3.8, 4) is 0 Å². The Morgan fingerprint density at radius 2 is 2.20 bits per heavy atom. The van der Waals surface area contributed by atoms with Gasteiger partial charge in [0.1, 0.15) is 0 Å². The van der Waals surface area contributed by atoms with E-state index < -0.39 is 5.97 Å². The molecule has 1 unspecified atom stereocenters. The van der Waals surface area contributed by atoms with E-state index in [0.717, 1.165) is 11.3 Å². The molecule has 0 saturated carbocycles. The topological polar surface area (TPSA) is 66.4 Å². The maximum atomic E-state index is 11.7. The first kappa shape index (κ1) is 16.4. The van der Waals surface area contributed by atoms with Crippen LogP contribution in [0, 0.1) is 11.8 Å². The van der Waals surface area contributed by atoms with Crippen molar-refractivity contribution in [2.45, 2.75) is 26.7 Å². The van der Waals surface area contributed by atoms with Gasteiger partial charge in [-0.3, -0.25) is 9.59 Å². The normalized spacial score (nSPS) is 12.8. The predicted molar refractivity (Wildman–Crippen MR) is 81.6 cm³/mol. The molecule has 1 amide bonds. The summed E-state index contributed by atoms with van der Waals surface area (Å²) in [5.41, 5.74) is 0. The smallest absolute Gasteiger partial charge is 0.303 e. The van der Waals surface area contributed by atoms with Gasteiger partial charge in [-0.05, 0) is 35.8 Å². The minimum absolute atomic E-state index is 0.0217. The molecule has 0 spiro atoms. The molecule has 0 aromatic carbocycles. The number of hydrogen-bond donors (Lipinski definition) is 2. The first-order chi connectivity index (χ1) is 9.47. The summed E-state index contributed by atoms with van der Waals surface area (Å²) in [7, 11) is 0. The van der Waals surface area contributed by atoms with E-state index in [2.05, 4.69) is 5.32 Å². The van der Waals surface area contributed by atoms with Crippen LogP contribution in [0.3, 0.4) is 0 Å². The Morgan fingerprint density at radius 3 is 2.75 bits per heavy atom. The third-order valence-corrected chi connectivity index (χ3v) is 3.61. The highest BCUT2D eigenvalue weighted by Crippen LogP contribution is 2.15. The summed E-state index contributed by atoms with van der Waals surface area (Å²) in [6.45, 7) is 4.50. The van der Waals surface area contributed by atoms with Crippen molar-refractivity contribution >= 4 is 29.3 Å². The third kappa shape index (κ3) is 7.09. The summed E-state index contributed by atoms with van der Waals surface area (Å²) in [5, 5.41) is 13.6. The van der Waals surface area contributed by atoms with E-state index in [1.165, 1.54) is 6.08 Å². The minimum Gasteiger partial charge on any atom is -0.481 e. The molecule has 0 saturated heterocycles. The molecule has 0 bridgehead atoms. The number of aliphatic carboxylic acids is 1. The summed E-state index contributed by atoms with van der Waals surface area (Å²) in [4.78, 5) is 23.5. The van der Waals surface area contributed by atoms with Crippen molar-refractivity contribution in [1.82, 2.24) is 5.32 Å². The second kappa shape index (κ2) is 8.53. The minimum atomic E-state index is -0.820. The van der Waals surface area contributed by atoms with Crippen LogP contribution in [0.2, 0.25) is 0 Å². The van der Waals surface area contributed by atoms with Crippen LogP contribution in [0.15, 0.2) is 23.6 Å². The standard InChI is InChI=1S/C15H21NO3S/c1-11(2)8-12(9-15(18)19)10-16-14(17)6-5-13-4-3-7-20-13/h3-7,11-12H,8-10H2,1-2H3,(H,16,17)(H,18,19). The lowest BCUT2D eigenvalue weighted by molar-refractivity contribution is -0.138. The number of carbonyl (C=O) groups is 2. The SMILES string of the molecule is CC(C)CC(CNC(=O)C=Cc1cccs1)CC(=O)O. The molecular weight excluding hydrogens is 274 g/mol. The fourth-order valence-corrected chi connectivity index (χ4v) is 2.62. The van der Waals surface area contributed by atoms with Crippen LogP contribution in [-0.4, -0.2) is 23.5 Å². The van der Waals surface area contributed by atoms with Crippen LogP contribution in [0.5, 0.6) is 0 Å². The highest BCUT2D eigenvalue weighted by atomic mass is 32.1. The number of rotatable bonds is 8. The Morgan fingerprint density at radius 1 is 1.45 bits per heavy atom. The number of nitrogens with one attached hydrogen (secondary N) is 1. The molecule has 0 radical (unpaired) electrons. The van der Waals surface area contributed by atoms with Gasteiger partial charge in [-0.25, -0.2) is 0 Å². The zero-order valence-corrected chi connectivity index (χ0v) is 12.7. The van der Waals surface area contributed by atoms with Crippen molar-refractivity contribution < 1.29 is 14.7 Å². The van der Waals surface area contributed by atoms with Crippen LogP contribution in [0.25, 0.3) is 6.08 Å². The number of carbonyl (C=O) groups excluding carboxylic acids is 1. The molecule has 0 aliphatic rings. The Labute approximate surface area is 123 Å². The molecule has 2 N–H and O–H groups in total. The molecule has 1 atom stereocenters. The predicted octanol–water partition coefficient (Wildman–Crippen LogP) is 3.01. The molecule has 1 rings (SSSR count). The fourth-order valence-electron chi connectivity index (χ4n) is 2.00. The van der Waals surface area contributed by atoms with E-state index in [-0.39, 0.29) is 18.2 Å². The van der Waals surface area contributed by atoms with E-state index in [0.29, 0.717) is 12.5 Å². The average Bonchev–Trinajstić information content (AvgIpc) is 2.85. The maximum Gasteiger partial charge on any atom is 0.303 e. The molecule has 20 heavy (non-hydrogen) atoms. The molecule has 110 valence electrons. The first-order valence-corrected chi connectivity index (χ1v) is 7.56. The monoisotopic (exact) mass is 295 g/mol. The maximum absolute atomic E-state index is 11.7. The molecule has 1 aromatic heterocycles. The van der Waals surface area contributed by atoms with Gasteiger partial charge < -0.3 is 10.4 Å². The van der Waals surface area contributed by atoms with Gasteiger partial charge in [-0.15, -0.1) is 11.3 Å². The second-order valence-corrected chi connectivity index (χ2v) is 6.17. The van der Waals surface area contributed by atoms with E-state index in [1.807, 2.05) is 31.4 Å². The van der Waals surface area contributed by atoms with Gasteiger partial charge in [0.25, 0.3) is 0 Å². The van der Waals surface area contributed by atoms with Crippen molar-refractivity contribution in [1.29, 1.82) is 0 Å². The second-order valence-electron chi connectivity index (χ2n) is 5.19. The highest BCUT2D eigenvalue weighted by molar-refractivity contribution is 7.10. The molecule has 4 nitrogen and oxygen atoms in total. The van der Waals surface area contributed by atoms with Crippen LogP contribution in [0.4, 0.5) is 0 Å². The first-order valence-electron chi connectivity index (χ1n) is 6.68. The summed E-state index contributed by atoms with van der Waals surface area (Å²) in [5.74, 6) is -0.610. The molecule has 1 aromatic rings. The van der Waals surface area contributed by atoms with Crippen molar-refractivity contribution in [2.75, 3.05) is 6.54 Å². The zero-order chi connectivity index (χ0) is 15.0. The van der Waals surface area contributed by atoms with E-state index >= 15 is 0 Å². The van der Waals surface area contributed by atoms with Gasteiger partial charge in [0, 0.05) is 23.9 Å². The van der Waals surface area contributed by atoms with Gasteiger partial charge in [-0.2, -0.15) is 0 Å².